The molecule has 0 saturated carbocycles. The van der Waals surface area contributed by atoms with E-state index in [1.54, 1.807) is 0 Å². The molecule has 2 rings (SSSR count). The SMILES string of the molecule is Cc1ccc(N2C(=O)N(C)C(=O)CC2N)cc1. The van der Waals surface area contributed by atoms with Crippen LogP contribution in [0.2, 0.25) is 0 Å². The molecule has 0 aromatic heterocycles. The Bertz CT molecular complexity index is 455. The van der Waals surface area contributed by atoms with Crippen molar-refractivity contribution in [3.63, 3.8) is 0 Å². The van der Waals surface area contributed by atoms with E-state index in [1.807, 2.05) is 31.2 Å². The average Bonchev–Trinajstić information content (AvgIpc) is 2.29. The third-order valence-corrected chi connectivity index (χ3v) is 2.89. The van der Waals surface area contributed by atoms with Crippen LogP contribution in [0.15, 0.2) is 24.3 Å². The second-order valence-corrected chi connectivity index (χ2v) is 4.21. The van der Waals surface area contributed by atoms with Gasteiger partial charge >= 0.3 is 6.03 Å². The molecule has 1 aromatic carbocycles. The van der Waals surface area contributed by atoms with Gasteiger partial charge in [-0.05, 0) is 19.1 Å². The van der Waals surface area contributed by atoms with Crippen LogP contribution < -0.4 is 10.6 Å². The Balaban J connectivity index is 2.33. The van der Waals surface area contributed by atoms with Crippen molar-refractivity contribution < 1.29 is 9.59 Å². The second-order valence-electron chi connectivity index (χ2n) is 4.21. The molecule has 17 heavy (non-hydrogen) atoms. The molecule has 1 aromatic rings. The fourth-order valence-electron chi connectivity index (χ4n) is 1.82. The van der Waals surface area contributed by atoms with Crippen LogP contribution in [0, 0.1) is 6.92 Å². The van der Waals surface area contributed by atoms with Crippen LogP contribution in [0.4, 0.5) is 10.5 Å². The number of urea groups is 1. The molecule has 1 fully saturated rings. The van der Waals surface area contributed by atoms with Crippen molar-refractivity contribution >= 4 is 17.6 Å². The van der Waals surface area contributed by atoms with Crippen molar-refractivity contribution in [1.82, 2.24) is 4.90 Å². The Kier molecular flexibility index (Phi) is 2.85. The number of amides is 3. The molecule has 0 spiro atoms. The third-order valence-electron chi connectivity index (χ3n) is 2.89. The predicted molar refractivity (Wildman–Crippen MR) is 64.4 cm³/mol. The Morgan fingerprint density at radius 2 is 1.82 bits per heavy atom. The molecule has 2 N–H and O–H groups in total. The molecule has 5 heteroatoms. The van der Waals surface area contributed by atoms with E-state index in [1.165, 1.54) is 11.9 Å². The third kappa shape index (κ3) is 2.01. The Labute approximate surface area is 99.8 Å². The predicted octanol–water partition coefficient (Wildman–Crippen LogP) is 1.07. The van der Waals surface area contributed by atoms with Gasteiger partial charge in [-0.25, -0.2) is 4.79 Å². The zero-order chi connectivity index (χ0) is 12.6. The topological polar surface area (TPSA) is 66.6 Å². The number of carbonyl (C=O) groups excluding carboxylic acids is 2. The molecule has 90 valence electrons. The van der Waals surface area contributed by atoms with Gasteiger partial charge in [0.05, 0.1) is 12.6 Å². The van der Waals surface area contributed by atoms with Gasteiger partial charge in [-0.15, -0.1) is 0 Å². The number of rotatable bonds is 1. The largest absolute Gasteiger partial charge is 0.332 e. The lowest BCUT2D eigenvalue weighted by molar-refractivity contribution is -0.128. The molecule has 1 unspecified atom stereocenters. The molecule has 0 aliphatic carbocycles. The summed E-state index contributed by atoms with van der Waals surface area (Å²) in [4.78, 5) is 26.0. The van der Waals surface area contributed by atoms with Crippen molar-refractivity contribution in [3.05, 3.63) is 29.8 Å². The molecular formula is C12H15N3O2. The fourth-order valence-corrected chi connectivity index (χ4v) is 1.82. The van der Waals surface area contributed by atoms with Gasteiger partial charge in [0.15, 0.2) is 0 Å². The zero-order valence-corrected chi connectivity index (χ0v) is 9.88. The van der Waals surface area contributed by atoms with Crippen molar-refractivity contribution in [3.8, 4) is 0 Å². The molecule has 1 saturated heterocycles. The van der Waals surface area contributed by atoms with E-state index in [0.29, 0.717) is 5.69 Å². The molecule has 1 aliphatic rings. The summed E-state index contributed by atoms with van der Waals surface area (Å²) in [7, 11) is 1.47. The summed E-state index contributed by atoms with van der Waals surface area (Å²) in [5.41, 5.74) is 7.67. The standard InChI is InChI=1S/C12H15N3O2/c1-8-3-5-9(6-4-8)15-10(13)7-11(16)14(2)12(15)17/h3-6,10H,7,13H2,1-2H3. The molecule has 0 radical (unpaired) electrons. The maximum absolute atomic E-state index is 12.0. The summed E-state index contributed by atoms with van der Waals surface area (Å²) in [6, 6.07) is 7.10. The van der Waals surface area contributed by atoms with Gasteiger partial charge in [0, 0.05) is 12.7 Å². The highest BCUT2D eigenvalue weighted by Gasteiger charge is 2.35. The summed E-state index contributed by atoms with van der Waals surface area (Å²) >= 11 is 0. The molecule has 5 nitrogen and oxygen atoms in total. The number of nitrogens with two attached hydrogens (primary N) is 1. The van der Waals surface area contributed by atoms with Crippen molar-refractivity contribution in [2.24, 2.45) is 5.73 Å². The number of carbonyl (C=O) groups is 2. The number of hydrogen-bond acceptors (Lipinski definition) is 3. The van der Waals surface area contributed by atoms with Gasteiger partial charge in [-0.1, -0.05) is 17.7 Å². The maximum atomic E-state index is 12.0. The first-order valence-corrected chi connectivity index (χ1v) is 5.42. The molecule has 1 heterocycles. The smallest absolute Gasteiger partial charge is 0.310 e. The number of nitrogens with zero attached hydrogens (tertiary/aromatic N) is 2. The highest BCUT2D eigenvalue weighted by atomic mass is 16.2. The van der Waals surface area contributed by atoms with E-state index < -0.39 is 6.17 Å². The Morgan fingerprint density at radius 3 is 2.41 bits per heavy atom. The molecule has 1 aliphatic heterocycles. The van der Waals surface area contributed by atoms with E-state index in [2.05, 4.69) is 0 Å². The number of aryl methyl sites for hydroxylation is 1. The van der Waals surface area contributed by atoms with Crippen LogP contribution in [-0.4, -0.2) is 30.1 Å². The lowest BCUT2D eigenvalue weighted by Gasteiger charge is -2.36. The van der Waals surface area contributed by atoms with Crippen molar-refractivity contribution in [2.75, 3.05) is 11.9 Å². The normalized spacial score (nSPS) is 21.0. The van der Waals surface area contributed by atoms with Gasteiger partial charge in [-0.2, -0.15) is 0 Å². The Hall–Kier alpha value is -1.88. The first-order valence-electron chi connectivity index (χ1n) is 5.42. The van der Waals surface area contributed by atoms with E-state index in [9.17, 15) is 9.59 Å². The summed E-state index contributed by atoms with van der Waals surface area (Å²) < 4.78 is 0. The van der Waals surface area contributed by atoms with E-state index in [0.717, 1.165) is 10.5 Å². The van der Waals surface area contributed by atoms with Crippen LogP contribution in [0.25, 0.3) is 0 Å². The van der Waals surface area contributed by atoms with Crippen LogP contribution in [0.5, 0.6) is 0 Å². The van der Waals surface area contributed by atoms with Crippen LogP contribution in [-0.2, 0) is 4.79 Å². The van der Waals surface area contributed by atoms with Crippen LogP contribution in [0.3, 0.4) is 0 Å². The lowest BCUT2D eigenvalue weighted by atomic mass is 10.1. The molecule has 1 atom stereocenters. The van der Waals surface area contributed by atoms with E-state index in [4.69, 9.17) is 5.73 Å². The first-order chi connectivity index (χ1) is 8.00. The molecular weight excluding hydrogens is 218 g/mol. The molecule has 3 amide bonds. The minimum Gasteiger partial charge on any atom is -0.310 e. The molecule has 0 bridgehead atoms. The van der Waals surface area contributed by atoms with Gasteiger partial charge in [0.25, 0.3) is 0 Å². The summed E-state index contributed by atoms with van der Waals surface area (Å²) in [6.45, 7) is 1.97. The number of hydrogen-bond donors (Lipinski definition) is 1. The monoisotopic (exact) mass is 233 g/mol. The van der Waals surface area contributed by atoms with Crippen molar-refractivity contribution in [1.29, 1.82) is 0 Å². The summed E-state index contributed by atoms with van der Waals surface area (Å²) in [6.07, 6.45) is -0.440. The van der Waals surface area contributed by atoms with Crippen LogP contribution >= 0.6 is 0 Å². The highest BCUT2D eigenvalue weighted by Crippen LogP contribution is 2.22. The van der Waals surface area contributed by atoms with Crippen molar-refractivity contribution in [2.45, 2.75) is 19.5 Å². The maximum Gasteiger partial charge on any atom is 0.332 e. The van der Waals surface area contributed by atoms with Gasteiger partial charge in [0.2, 0.25) is 5.91 Å². The minimum absolute atomic E-state index is 0.149. The quantitative estimate of drug-likeness (QED) is 0.789. The first kappa shape index (κ1) is 11.6. The fraction of sp³-hybridized carbons (Fsp3) is 0.333. The van der Waals surface area contributed by atoms with E-state index >= 15 is 0 Å². The van der Waals surface area contributed by atoms with Gasteiger partial charge in [0.1, 0.15) is 0 Å². The van der Waals surface area contributed by atoms with E-state index in [-0.39, 0.29) is 18.4 Å². The number of benzene rings is 1. The lowest BCUT2D eigenvalue weighted by Crippen LogP contribution is -2.59. The zero-order valence-electron chi connectivity index (χ0n) is 9.88. The summed E-state index contributed by atoms with van der Waals surface area (Å²) in [5, 5.41) is 0. The van der Waals surface area contributed by atoms with Crippen LogP contribution in [0.1, 0.15) is 12.0 Å². The van der Waals surface area contributed by atoms with Gasteiger partial charge in [-0.3, -0.25) is 14.6 Å². The minimum atomic E-state index is -0.589. The Morgan fingerprint density at radius 1 is 1.24 bits per heavy atom. The number of imide groups is 1. The summed E-state index contributed by atoms with van der Waals surface area (Å²) in [5.74, 6) is -0.245. The van der Waals surface area contributed by atoms with Gasteiger partial charge < -0.3 is 5.73 Å². The average molecular weight is 233 g/mol. The second kappa shape index (κ2) is 4.18. The number of anilines is 1. The highest BCUT2D eigenvalue weighted by molar-refractivity contribution is 6.05.